The van der Waals surface area contributed by atoms with E-state index in [0.717, 1.165) is 0 Å². The Morgan fingerprint density at radius 3 is 2.64 bits per heavy atom. The maximum atomic E-state index is 11.0. The van der Waals surface area contributed by atoms with Crippen LogP contribution in [0.25, 0.3) is 0 Å². The normalized spacial score (nSPS) is 12.9. The van der Waals surface area contributed by atoms with Crippen molar-refractivity contribution in [1.82, 2.24) is 0 Å². The minimum atomic E-state index is -1.04. The fraction of sp³-hybridized carbons (Fsp3) is 0.143. The molecule has 0 bridgehead atoms. The number of halogens is 1. The number of benzene rings is 1. The van der Waals surface area contributed by atoms with Crippen LogP contribution in [0.4, 0.5) is 5.69 Å². The largest absolute Gasteiger partial charge is 0.399 e. The van der Waals surface area contributed by atoms with Gasteiger partial charge in [-0.3, -0.25) is 4.21 Å². The molecule has 0 fully saturated rings. The fourth-order valence-electron chi connectivity index (χ4n) is 0.750. The molecule has 0 saturated heterocycles. The first-order chi connectivity index (χ1) is 5.11. The first-order valence-electron chi connectivity index (χ1n) is 2.99. The summed E-state index contributed by atoms with van der Waals surface area (Å²) in [6.45, 7) is 0. The van der Waals surface area contributed by atoms with Crippen molar-refractivity contribution in [3.8, 4) is 0 Å². The van der Waals surface area contributed by atoms with Crippen molar-refractivity contribution in [2.75, 3.05) is 12.0 Å². The summed E-state index contributed by atoms with van der Waals surface area (Å²) in [5, 5.41) is 0.464. The third-order valence-corrected chi connectivity index (χ3v) is 2.67. The Kier molecular flexibility index (Phi) is 2.52. The molecule has 0 heterocycles. The Balaban J connectivity index is 3.20. The summed E-state index contributed by atoms with van der Waals surface area (Å²) in [6.07, 6.45) is 1.58. The molecule has 0 amide bonds. The van der Waals surface area contributed by atoms with Crippen molar-refractivity contribution >= 4 is 28.1 Å². The molecule has 0 aliphatic heterocycles. The standard InChI is InChI=1S/C7H8ClNOS/c1-11(10)7-3-2-5(9)4-6(7)8/h2-4H,9H2,1H3. The molecule has 11 heavy (non-hydrogen) atoms. The molecular formula is C7H8ClNOS. The first kappa shape index (κ1) is 8.56. The summed E-state index contributed by atoms with van der Waals surface area (Å²) in [6, 6.07) is 4.95. The van der Waals surface area contributed by atoms with Crippen molar-refractivity contribution in [3.05, 3.63) is 23.2 Å². The molecule has 1 rings (SSSR count). The monoisotopic (exact) mass is 189 g/mol. The lowest BCUT2D eigenvalue weighted by Crippen LogP contribution is -1.90. The molecule has 1 atom stereocenters. The van der Waals surface area contributed by atoms with Crippen molar-refractivity contribution < 1.29 is 4.21 Å². The van der Waals surface area contributed by atoms with Crippen LogP contribution in [0.3, 0.4) is 0 Å². The van der Waals surface area contributed by atoms with Gasteiger partial charge in [-0.2, -0.15) is 0 Å². The highest BCUT2D eigenvalue weighted by molar-refractivity contribution is 7.84. The summed E-state index contributed by atoms with van der Waals surface area (Å²) in [5.74, 6) is 0. The van der Waals surface area contributed by atoms with Gasteiger partial charge in [0.15, 0.2) is 0 Å². The van der Waals surface area contributed by atoms with Gasteiger partial charge >= 0.3 is 0 Å². The van der Waals surface area contributed by atoms with E-state index in [1.54, 1.807) is 24.5 Å². The molecule has 0 aromatic heterocycles. The second-order valence-corrected chi connectivity index (χ2v) is 3.90. The molecule has 60 valence electrons. The van der Waals surface area contributed by atoms with Gasteiger partial charge in [-0.05, 0) is 18.2 Å². The predicted octanol–water partition coefficient (Wildman–Crippen LogP) is 1.66. The summed E-state index contributed by atoms with van der Waals surface area (Å²) in [4.78, 5) is 0.626. The molecule has 1 aromatic carbocycles. The van der Waals surface area contributed by atoms with Crippen LogP contribution in [0.1, 0.15) is 0 Å². The van der Waals surface area contributed by atoms with Crippen LogP contribution in [0.15, 0.2) is 23.1 Å². The van der Waals surface area contributed by atoms with Crippen LogP contribution in [-0.2, 0) is 10.8 Å². The Hall–Kier alpha value is -0.540. The van der Waals surface area contributed by atoms with Crippen molar-refractivity contribution in [2.24, 2.45) is 0 Å². The number of anilines is 1. The molecule has 0 aliphatic carbocycles. The number of nitrogen functional groups attached to an aromatic ring is 1. The zero-order valence-electron chi connectivity index (χ0n) is 6.00. The predicted molar refractivity (Wildman–Crippen MR) is 48.2 cm³/mol. The number of rotatable bonds is 1. The van der Waals surface area contributed by atoms with Crippen LogP contribution in [0, 0.1) is 0 Å². The minimum Gasteiger partial charge on any atom is -0.399 e. The van der Waals surface area contributed by atoms with Gasteiger partial charge in [0.25, 0.3) is 0 Å². The van der Waals surface area contributed by atoms with E-state index in [0.29, 0.717) is 15.6 Å². The second-order valence-electron chi connectivity index (χ2n) is 2.14. The van der Waals surface area contributed by atoms with Crippen LogP contribution in [-0.4, -0.2) is 10.5 Å². The Bertz CT molecular complexity index is 300. The van der Waals surface area contributed by atoms with Gasteiger partial charge in [-0.25, -0.2) is 0 Å². The first-order valence-corrected chi connectivity index (χ1v) is 4.93. The van der Waals surface area contributed by atoms with E-state index in [4.69, 9.17) is 17.3 Å². The Labute approximate surface area is 72.8 Å². The zero-order chi connectivity index (χ0) is 8.43. The summed E-state index contributed by atoms with van der Waals surface area (Å²) in [5.41, 5.74) is 6.03. The maximum Gasteiger partial charge on any atom is 0.0587 e. The zero-order valence-corrected chi connectivity index (χ0v) is 7.58. The molecule has 0 saturated carbocycles. The maximum absolute atomic E-state index is 11.0. The number of hydrogen-bond donors (Lipinski definition) is 1. The molecule has 2 N–H and O–H groups in total. The average molecular weight is 190 g/mol. The van der Waals surface area contributed by atoms with E-state index in [9.17, 15) is 4.21 Å². The number of hydrogen-bond acceptors (Lipinski definition) is 2. The van der Waals surface area contributed by atoms with E-state index in [2.05, 4.69) is 0 Å². The highest BCUT2D eigenvalue weighted by atomic mass is 35.5. The lowest BCUT2D eigenvalue weighted by molar-refractivity contribution is 0.687. The van der Waals surface area contributed by atoms with Gasteiger partial charge < -0.3 is 5.73 Å². The van der Waals surface area contributed by atoms with Crippen molar-refractivity contribution in [2.45, 2.75) is 4.90 Å². The van der Waals surface area contributed by atoms with Gasteiger partial charge in [0.2, 0.25) is 0 Å². The topological polar surface area (TPSA) is 43.1 Å². The van der Waals surface area contributed by atoms with Crippen molar-refractivity contribution in [3.63, 3.8) is 0 Å². The van der Waals surface area contributed by atoms with E-state index < -0.39 is 10.8 Å². The Morgan fingerprint density at radius 2 is 2.18 bits per heavy atom. The van der Waals surface area contributed by atoms with Crippen LogP contribution < -0.4 is 5.73 Å². The van der Waals surface area contributed by atoms with E-state index in [1.165, 1.54) is 0 Å². The van der Waals surface area contributed by atoms with Gasteiger partial charge in [-0.1, -0.05) is 11.6 Å². The van der Waals surface area contributed by atoms with Gasteiger partial charge in [-0.15, -0.1) is 0 Å². The summed E-state index contributed by atoms with van der Waals surface area (Å²) >= 11 is 5.75. The third-order valence-electron chi connectivity index (χ3n) is 1.27. The number of nitrogens with two attached hydrogens (primary N) is 1. The molecule has 1 unspecified atom stereocenters. The molecule has 1 aromatic rings. The van der Waals surface area contributed by atoms with E-state index in [-0.39, 0.29) is 0 Å². The molecule has 4 heteroatoms. The summed E-state index contributed by atoms with van der Waals surface area (Å²) in [7, 11) is -1.04. The lowest BCUT2D eigenvalue weighted by Gasteiger charge is -1.99. The molecule has 0 radical (unpaired) electrons. The molecular weight excluding hydrogens is 182 g/mol. The fourth-order valence-corrected chi connectivity index (χ4v) is 1.86. The van der Waals surface area contributed by atoms with E-state index >= 15 is 0 Å². The van der Waals surface area contributed by atoms with Gasteiger partial charge in [0.05, 0.1) is 20.7 Å². The third kappa shape index (κ3) is 1.94. The van der Waals surface area contributed by atoms with Gasteiger partial charge in [0, 0.05) is 11.9 Å². The molecule has 0 aliphatic rings. The van der Waals surface area contributed by atoms with Crippen LogP contribution >= 0.6 is 11.6 Å². The Morgan fingerprint density at radius 1 is 1.55 bits per heavy atom. The van der Waals surface area contributed by atoms with E-state index in [1.807, 2.05) is 0 Å². The SMILES string of the molecule is CS(=O)c1ccc(N)cc1Cl. The minimum absolute atomic E-state index is 0.464. The average Bonchev–Trinajstić information content (AvgIpc) is 1.85. The lowest BCUT2D eigenvalue weighted by atomic mass is 10.3. The van der Waals surface area contributed by atoms with Crippen molar-refractivity contribution in [1.29, 1.82) is 0 Å². The smallest absolute Gasteiger partial charge is 0.0587 e. The quantitative estimate of drug-likeness (QED) is 0.683. The van der Waals surface area contributed by atoms with Crippen LogP contribution in [0.5, 0.6) is 0 Å². The second kappa shape index (κ2) is 3.24. The molecule has 2 nitrogen and oxygen atoms in total. The summed E-state index contributed by atoms with van der Waals surface area (Å²) < 4.78 is 11.0. The van der Waals surface area contributed by atoms with Crippen LogP contribution in [0.2, 0.25) is 5.02 Å². The van der Waals surface area contributed by atoms with Gasteiger partial charge in [0.1, 0.15) is 0 Å². The molecule has 0 spiro atoms. The highest BCUT2D eigenvalue weighted by Crippen LogP contribution is 2.21. The highest BCUT2D eigenvalue weighted by Gasteiger charge is 2.02.